The Morgan fingerprint density at radius 3 is 2.29 bits per heavy atom. The Bertz CT molecular complexity index is 1420. The van der Waals surface area contributed by atoms with Crippen LogP contribution in [0.3, 0.4) is 0 Å². The number of nitrogens with zero attached hydrogens (tertiary/aromatic N) is 1. The Kier molecular flexibility index (Phi) is 7.84. The summed E-state index contributed by atoms with van der Waals surface area (Å²) in [6.07, 6.45) is -0.515. The molecule has 4 aliphatic carbocycles. The lowest BCUT2D eigenvalue weighted by Crippen LogP contribution is -2.77. The highest BCUT2D eigenvalue weighted by Gasteiger charge is 2.87. The molecule has 4 saturated carbocycles. The molecule has 7 fully saturated rings. The van der Waals surface area contributed by atoms with Crippen molar-refractivity contribution in [1.29, 1.82) is 0 Å². The van der Waals surface area contributed by atoms with Crippen LogP contribution in [0.25, 0.3) is 0 Å². The van der Waals surface area contributed by atoms with Crippen molar-refractivity contribution < 1.29 is 53.8 Å². The van der Waals surface area contributed by atoms with Gasteiger partial charge >= 0.3 is 17.9 Å². The summed E-state index contributed by atoms with van der Waals surface area (Å²) in [5.74, 6) is -6.90. The molecule has 3 aliphatic heterocycles. The van der Waals surface area contributed by atoms with Crippen molar-refractivity contribution in [2.45, 2.75) is 140 Å². The third-order valence-corrected chi connectivity index (χ3v) is 14.4. The first kappa shape index (κ1) is 34.4. The van der Waals surface area contributed by atoms with E-state index in [1.54, 1.807) is 26.8 Å². The largest absolute Gasteiger partial charge is 0.462 e. The fourth-order valence-electron chi connectivity index (χ4n) is 12.5. The van der Waals surface area contributed by atoms with E-state index in [-0.39, 0.29) is 18.9 Å². The monoisotopic (exact) mass is 675 g/mol. The Balaban J connectivity index is 1.42. The van der Waals surface area contributed by atoms with Crippen molar-refractivity contribution in [3.8, 4) is 0 Å². The molecule has 3 heterocycles. The number of rotatable bonds is 4. The van der Waals surface area contributed by atoms with E-state index in [1.807, 2.05) is 6.92 Å². The van der Waals surface area contributed by atoms with Gasteiger partial charge in [-0.05, 0) is 77.0 Å². The molecule has 7 rings (SSSR count). The molecule has 0 aromatic rings. The standard InChI is InChI=1S/C36H53NO11/c1-8-18(3)31(41)47-30-28(40)27-21(16-37-15-17(2)9-10-25(37)33(27,7)42)22-14-34-29(35(22,30)43)23(45-19(4)38)13-24-32(34,6)12-11-26(46-20(5)39)36(24,44)48-34/h8,17,21-30,40,42-44H,9-16H2,1-7H3. The second-order valence-electron chi connectivity index (χ2n) is 16.8. The van der Waals surface area contributed by atoms with E-state index in [0.717, 1.165) is 19.4 Å². The minimum absolute atomic E-state index is 0.105. The Morgan fingerprint density at radius 1 is 0.958 bits per heavy atom. The molecule has 48 heavy (non-hydrogen) atoms. The number of esters is 3. The van der Waals surface area contributed by atoms with E-state index in [9.17, 15) is 34.8 Å². The summed E-state index contributed by atoms with van der Waals surface area (Å²) in [4.78, 5) is 40.7. The molecule has 12 nitrogen and oxygen atoms in total. The topological polar surface area (TPSA) is 172 Å². The molecular formula is C36H53NO11. The van der Waals surface area contributed by atoms with Crippen LogP contribution in [0.15, 0.2) is 11.6 Å². The minimum Gasteiger partial charge on any atom is -0.462 e. The normalized spacial score (nSPS) is 53.9. The number of hydrogen-bond donors (Lipinski definition) is 4. The summed E-state index contributed by atoms with van der Waals surface area (Å²) in [6.45, 7) is 13.1. The second kappa shape index (κ2) is 11.0. The van der Waals surface area contributed by atoms with Gasteiger partial charge in [0.15, 0.2) is 12.2 Å². The highest BCUT2D eigenvalue weighted by Crippen LogP contribution is 2.77. The van der Waals surface area contributed by atoms with Crippen LogP contribution in [0.5, 0.6) is 0 Å². The molecule has 16 atom stereocenters. The van der Waals surface area contributed by atoms with Gasteiger partial charge in [0, 0.05) is 55.8 Å². The zero-order valence-corrected chi connectivity index (χ0v) is 29.2. The average molecular weight is 676 g/mol. The molecule has 0 aromatic carbocycles. The Morgan fingerprint density at radius 2 is 1.65 bits per heavy atom. The molecule has 0 radical (unpaired) electrons. The van der Waals surface area contributed by atoms with Crippen molar-refractivity contribution in [3.63, 3.8) is 0 Å². The van der Waals surface area contributed by atoms with Gasteiger partial charge in [0.25, 0.3) is 0 Å². The SMILES string of the molecule is CC=C(C)C(=O)OC1C(O)C2C(CN3CC(C)CCC3C2(C)O)C2CC34OC5(O)C(OC(C)=O)CCC3(C)C5CC(OC(C)=O)C4C21O. The molecule has 4 N–H and O–H groups in total. The quantitative estimate of drug-likeness (QED) is 0.194. The molecule has 0 amide bonds. The van der Waals surface area contributed by atoms with Gasteiger partial charge in [0.1, 0.15) is 11.7 Å². The highest BCUT2D eigenvalue weighted by molar-refractivity contribution is 5.87. The maximum Gasteiger partial charge on any atom is 0.333 e. The fourth-order valence-corrected chi connectivity index (χ4v) is 12.5. The summed E-state index contributed by atoms with van der Waals surface area (Å²) in [5.41, 5.74) is -5.15. The van der Waals surface area contributed by atoms with Gasteiger partial charge in [0.2, 0.25) is 5.79 Å². The van der Waals surface area contributed by atoms with Gasteiger partial charge in [0.05, 0.1) is 23.2 Å². The van der Waals surface area contributed by atoms with Crippen molar-refractivity contribution in [1.82, 2.24) is 4.90 Å². The van der Waals surface area contributed by atoms with Crippen LogP contribution in [0, 0.1) is 40.9 Å². The molecule has 4 bridgehead atoms. The Hall–Kier alpha value is -2.09. The first-order chi connectivity index (χ1) is 22.4. The van der Waals surface area contributed by atoms with Crippen LogP contribution in [-0.4, -0.2) is 109 Å². The number of ether oxygens (including phenoxy) is 4. The molecule has 3 saturated heterocycles. The van der Waals surface area contributed by atoms with E-state index in [2.05, 4.69) is 11.8 Å². The van der Waals surface area contributed by atoms with E-state index in [4.69, 9.17) is 18.9 Å². The number of carbonyl (C=O) groups is 3. The third kappa shape index (κ3) is 4.31. The van der Waals surface area contributed by atoms with Gasteiger partial charge < -0.3 is 39.4 Å². The van der Waals surface area contributed by atoms with Crippen molar-refractivity contribution >= 4 is 17.9 Å². The van der Waals surface area contributed by atoms with Gasteiger partial charge in [-0.3, -0.25) is 14.5 Å². The number of carbonyl (C=O) groups excluding carboxylic acids is 3. The molecule has 0 aromatic heterocycles. The van der Waals surface area contributed by atoms with Gasteiger partial charge in [-0.2, -0.15) is 0 Å². The third-order valence-electron chi connectivity index (χ3n) is 14.4. The number of allylic oxidation sites excluding steroid dienone is 1. The Labute approximate surface area is 282 Å². The first-order valence-corrected chi connectivity index (χ1v) is 17.8. The maximum atomic E-state index is 13.5. The smallest absolute Gasteiger partial charge is 0.333 e. The number of piperidine rings is 2. The number of hydrogen-bond acceptors (Lipinski definition) is 12. The minimum atomic E-state index is -1.98. The summed E-state index contributed by atoms with van der Waals surface area (Å²) < 4.78 is 24.7. The van der Waals surface area contributed by atoms with E-state index in [0.29, 0.717) is 30.9 Å². The molecular weight excluding hydrogens is 622 g/mol. The van der Waals surface area contributed by atoms with Crippen LogP contribution in [0.4, 0.5) is 0 Å². The van der Waals surface area contributed by atoms with Gasteiger partial charge in [-0.25, -0.2) is 4.79 Å². The van der Waals surface area contributed by atoms with Gasteiger partial charge in [-0.1, -0.05) is 19.9 Å². The molecule has 12 heteroatoms. The van der Waals surface area contributed by atoms with Gasteiger partial charge in [-0.15, -0.1) is 0 Å². The van der Waals surface area contributed by atoms with Crippen molar-refractivity contribution in [2.24, 2.45) is 40.9 Å². The zero-order valence-electron chi connectivity index (χ0n) is 29.2. The fraction of sp³-hybridized carbons (Fsp3) is 0.861. The van der Waals surface area contributed by atoms with Crippen LogP contribution >= 0.6 is 0 Å². The summed E-state index contributed by atoms with van der Waals surface area (Å²) in [5, 5.41) is 50.8. The average Bonchev–Trinajstić information content (AvgIpc) is 3.27. The predicted molar refractivity (Wildman–Crippen MR) is 169 cm³/mol. The number of aliphatic hydroxyl groups excluding tert-OH is 1. The first-order valence-electron chi connectivity index (χ1n) is 17.8. The lowest BCUT2D eigenvalue weighted by Gasteiger charge is -2.64. The predicted octanol–water partition coefficient (Wildman–Crippen LogP) is 1.84. The van der Waals surface area contributed by atoms with Crippen molar-refractivity contribution in [2.75, 3.05) is 13.1 Å². The highest BCUT2D eigenvalue weighted by atomic mass is 16.7. The van der Waals surface area contributed by atoms with Crippen molar-refractivity contribution in [3.05, 3.63) is 11.6 Å². The van der Waals surface area contributed by atoms with Crippen LogP contribution in [-0.2, 0) is 33.3 Å². The van der Waals surface area contributed by atoms with E-state index in [1.165, 1.54) is 13.8 Å². The van der Waals surface area contributed by atoms with E-state index < -0.39 is 99.9 Å². The molecule has 268 valence electrons. The summed E-state index contributed by atoms with van der Waals surface area (Å²) in [7, 11) is 0. The summed E-state index contributed by atoms with van der Waals surface area (Å²) in [6, 6.07) is -0.228. The lowest BCUT2D eigenvalue weighted by molar-refractivity contribution is -0.299. The molecule has 16 unspecified atom stereocenters. The molecule has 1 spiro atoms. The van der Waals surface area contributed by atoms with Crippen LogP contribution in [0.2, 0.25) is 0 Å². The number of fused-ring (bicyclic) bond motifs is 5. The van der Waals surface area contributed by atoms with E-state index >= 15 is 0 Å². The lowest BCUT2D eigenvalue weighted by atomic mass is 9.49. The summed E-state index contributed by atoms with van der Waals surface area (Å²) >= 11 is 0. The second-order valence-corrected chi connectivity index (χ2v) is 16.8. The zero-order chi connectivity index (χ0) is 34.9. The maximum absolute atomic E-state index is 13.5. The number of aliphatic hydroxyl groups is 4. The molecule has 7 aliphatic rings. The van der Waals surface area contributed by atoms with Crippen LogP contribution < -0.4 is 0 Å². The van der Waals surface area contributed by atoms with Crippen LogP contribution in [0.1, 0.15) is 87.0 Å².